The third-order valence-corrected chi connectivity index (χ3v) is 8.06. The fourth-order valence-electron chi connectivity index (χ4n) is 6.00. The smallest absolute Gasteiger partial charge is 0.227 e. The van der Waals surface area contributed by atoms with E-state index in [9.17, 15) is 18.7 Å². The average Bonchev–Trinajstić information content (AvgIpc) is 3.43. The Kier molecular flexibility index (Phi) is 7.01. The monoisotopic (exact) mass is 470 g/mol. The van der Waals surface area contributed by atoms with Crippen LogP contribution in [0.15, 0.2) is 18.2 Å². The zero-order valence-corrected chi connectivity index (χ0v) is 20.6. The number of halogens is 3. The molecule has 5 atom stereocenters. The molecule has 0 radical (unpaired) electrons. The van der Waals surface area contributed by atoms with Crippen molar-refractivity contribution < 1.29 is 18.7 Å². The van der Waals surface area contributed by atoms with E-state index in [4.69, 9.17) is 0 Å². The number of carbonyl (C=O) groups excluding carboxylic acids is 1. The van der Waals surface area contributed by atoms with Gasteiger partial charge >= 0.3 is 0 Å². The van der Waals surface area contributed by atoms with Gasteiger partial charge in [0, 0.05) is 55.5 Å². The van der Waals surface area contributed by atoms with Crippen molar-refractivity contribution in [1.29, 1.82) is 0 Å². The lowest BCUT2D eigenvalue weighted by atomic mass is 9.71. The molecule has 4 nitrogen and oxygen atoms in total. The Labute approximate surface area is 196 Å². The Morgan fingerprint density at radius 1 is 1.06 bits per heavy atom. The normalized spacial score (nSPS) is 33.8. The Bertz CT molecular complexity index is 843. The van der Waals surface area contributed by atoms with E-state index in [1.165, 1.54) is 12.1 Å². The number of amides is 1. The van der Waals surface area contributed by atoms with Gasteiger partial charge < -0.3 is 10.0 Å². The van der Waals surface area contributed by atoms with Crippen molar-refractivity contribution in [2.45, 2.75) is 64.5 Å². The lowest BCUT2D eigenvalue weighted by Gasteiger charge is -2.49. The second-order valence-electron chi connectivity index (χ2n) is 11.2. The maximum atomic E-state index is 14.7. The van der Waals surface area contributed by atoms with Gasteiger partial charge in [-0.3, -0.25) is 9.69 Å². The Balaban J connectivity index is 0.00000289. The number of rotatable bonds is 3. The molecular weight excluding hydrogens is 434 g/mol. The summed E-state index contributed by atoms with van der Waals surface area (Å²) in [6, 6.07) is 3.69. The number of hydrogen-bond donors (Lipinski definition) is 1. The first-order chi connectivity index (χ1) is 14.4. The van der Waals surface area contributed by atoms with E-state index in [-0.39, 0.29) is 47.5 Å². The molecule has 4 rings (SSSR count). The van der Waals surface area contributed by atoms with Gasteiger partial charge in [0.05, 0.1) is 11.5 Å². The van der Waals surface area contributed by atoms with E-state index in [1.807, 2.05) is 18.7 Å². The molecule has 1 N–H and O–H groups in total. The van der Waals surface area contributed by atoms with Crippen molar-refractivity contribution >= 4 is 18.3 Å². The SMILES string of the molecule is C[C@@H]1CN(C(=O)[C@@H]2CN(C(C)(C)C)C[C@H]2c2ccc(F)cc2F)C[C@H](C)[C@]1(O)C1CC1.Cl. The second kappa shape index (κ2) is 8.84. The summed E-state index contributed by atoms with van der Waals surface area (Å²) >= 11 is 0. The summed E-state index contributed by atoms with van der Waals surface area (Å²) in [7, 11) is 0. The van der Waals surface area contributed by atoms with Crippen LogP contribution in [-0.2, 0) is 4.79 Å². The molecule has 180 valence electrons. The van der Waals surface area contributed by atoms with Crippen LogP contribution in [0.2, 0.25) is 0 Å². The topological polar surface area (TPSA) is 43.8 Å². The molecule has 1 aliphatic carbocycles. The molecule has 3 aliphatic rings. The third kappa shape index (κ3) is 4.43. The van der Waals surface area contributed by atoms with E-state index < -0.39 is 17.2 Å². The maximum Gasteiger partial charge on any atom is 0.227 e. The van der Waals surface area contributed by atoms with Gasteiger partial charge in [0.25, 0.3) is 0 Å². The van der Waals surface area contributed by atoms with Gasteiger partial charge in [0.2, 0.25) is 5.91 Å². The first-order valence-corrected chi connectivity index (χ1v) is 11.6. The molecule has 0 spiro atoms. The Hall–Kier alpha value is -1.24. The van der Waals surface area contributed by atoms with Crippen molar-refractivity contribution in [2.24, 2.45) is 23.7 Å². The number of nitrogens with zero attached hydrogens (tertiary/aromatic N) is 2. The molecule has 2 aliphatic heterocycles. The van der Waals surface area contributed by atoms with E-state index in [0.717, 1.165) is 18.9 Å². The van der Waals surface area contributed by atoms with Crippen LogP contribution >= 0.6 is 12.4 Å². The van der Waals surface area contributed by atoms with E-state index in [1.54, 1.807) is 0 Å². The molecule has 1 aromatic carbocycles. The summed E-state index contributed by atoms with van der Waals surface area (Å²) < 4.78 is 28.2. The molecule has 1 saturated carbocycles. The summed E-state index contributed by atoms with van der Waals surface area (Å²) in [5.74, 6) is -1.50. The number of carbonyl (C=O) groups is 1. The average molecular weight is 471 g/mol. The number of likely N-dealkylation sites (tertiary alicyclic amines) is 2. The van der Waals surface area contributed by atoms with Crippen LogP contribution in [0.4, 0.5) is 8.78 Å². The van der Waals surface area contributed by atoms with Crippen molar-refractivity contribution in [1.82, 2.24) is 9.80 Å². The van der Waals surface area contributed by atoms with Crippen LogP contribution in [-0.4, -0.2) is 58.1 Å². The minimum atomic E-state index is -0.702. The molecule has 1 aromatic rings. The van der Waals surface area contributed by atoms with Crippen molar-refractivity contribution in [2.75, 3.05) is 26.2 Å². The van der Waals surface area contributed by atoms with E-state index >= 15 is 0 Å². The van der Waals surface area contributed by atoms with Crippen molar-refractivity contribution in [3.05, 3.63) is 35.4 Å². The highest BCUT2D eigenvalue weighted by Gasteiger charge is 2.55. The van der Waals surface area contributed by atoms with Gasteiger partial charge in [-0.05, 0) is 51.2 Å². The van der Waals surface area contributed by atoms with Gasteiger partial charge in [-0.2, -0.15) is 0 Å². The standard InChI is InChI=1S/C25H36F2N2O2.ClH/c1-15-11-28(12-16(2)25(15,31)17-6-7-17)23(30)21-14-29(24(3,4)5)13-20(21)19-9-8-18(26)10-22(19)27;/h8-10,15-17,20-21,31H,6-7,11-14H2,1-5H3;1H/t15-,16+,20-,21+,25+;/m0./s1. The number of hydrogen-bond acceptors (Lipinski definition) is 3. The van der Waals surface area contributed by atoms with Gasteiger partial charge in [-0.15, -0.1) is 12.4 Å². The highest BCUT2D eigenvalue weighted by molar-refractivity contribution is 5.85. The van der Waals surface area contributed by atoms with Crippen LogP contribution in [0.25, 0.3) is 0 Å². The molecule has 2 saturated heterocycles. The van der Waals surface area contributed by atoms with Crippen LogP contribution in [0, 0.1) is 35.3 Å². The zero-order valence-electron chi connectivity index (χ0n) is 19.8. The summed E-state index contributed by atoms with van der Waals surface area (Å²) in [4.78, 5) is 17.9. The molecule has 3 fully saturated rings. The molecule has 0 bridgehead atoms. The molecule has 0 aromatic heterocycles. The van der Waals surface area contributed by atoms with E-state index in [0.29, 0.717) is 37.7 Å². The molecule has 32 heavy (non-hydrogen) atoms. The van der Waals surface area contributed by atoms with Gasteiger partial charge in [-0.1, -0.05) is 19.9 Å². The van der Waals surface area contributed by atoms with Crippen LogP contribution in [0.3, 0.4) is 0 Å². The predicted molar refractivity (Wildman–Crippen MR) is 124 cm³/mol. The van der Waals surface area contributed by atoms with E-state index in [2.05, 4.69) is 25.7 Å². The lowest BCUT2D eigenvalue weighted by Crippen LogP contribution is -2.60. The first kappa shape index (κ1) is 25.4. The van der Waals surface area contributed by atoms with Crippen LogP contribution < -0.4 is 0 Å². The summed E-state index contributed by atoms with van der Waals surface area (Å²) in [5, 5.41) is 11.3. The third-order valence-electron chi connectivity index (χ3n) is 8.06. The maximum absolute atomic E-state index is 14.7. The fourth-order valence-corrected chi connectivity index (χ4v) is 6.00. The van der Waals surface area contributed by atoms with Gasteiger partial charge in [-0.25, -0.2) is 8.78 Å². The largest absolute Gasteiger partial charge is 0.389 e. The molecular formula is C25H37ClF2N2O2. The first-order valence-electron chi connectivity index (χ1n) is 11.6. The highest BCUT2D eigenvalue weighted by Crippen LogP contribution is 2.50. The fraction of sp³-hybridized carbons (Fsp3) is 0.720. The number of aliphatic hydroxyl groups is 1. The second-order valence-corrected chi connectivity index (χ2v) is 11.2. The molecule has 2 heterocycles. The molecule has 7 heteroatoms. The number of benzene rings is 1. The van der Waals surface area contributed by atoms with Crippen LogP contribution in [0.5, 0.6) is 0 Å². The molecule has 0 unspecified atom stereocenters. The minimum absolute atomic E-state index is 0. The van der Waals surface area contributed by atoms with Crippen molar-refractivity contribution in [3.63, 3.8) is 0 Å². The highest BCUT2D eigenvalue weighted by atomic mass is 35.5. The Morgan fingerprint density at radius 2 is 1.66 bits per heavy atom. The lowest BCUT2D eigenvalue weighted by molar-refractivity contribution is -0.154. The summed E-state index contributed by atoms with van der Waals surface area (Å²) in [5.41, 5.74) is -0.440. The molecule has 1 amide bonds. The predicted octanol–water partition coefficient (Wildman–Crippen LogP) is 4.46. The van der Waals surface area contributed by atoms with Gasteiger partial charge in [0.1, 0.15) is 11.6 Å². The Morgan fingerprint density at radius 3 is 2.16 bits per heavy atom. The quantitative estimate of drug-likeness (QED) is 0.709. The summed E-state index contributed by atoms with van der Waals surface area (Å²) in [6.45, 7) is 12.5. The van der Waals surface area contributed by atoms with Gasteiger partial charge in [0.15, 0.2) is 0 Å². The zero-order chi connectivity index (χ0) is 22.7. The number of piperidine rings is 1. The summed E-state index contributed by atoms with van der Waals surface area (Å²) in [6.07, 6.45) is 2.13. The minimum Gasteiger partial charge on any atom is -0.389 e. The van der Waals surface area contributed by atoms with Crippen LogP contribution in [0.1, 0.15) is 58.9 Å². The van der Waals surface area contributed by atoms with Crippen molar-refractivity contribution in [3.8, 4) is 0 Å².